The third kappa shape index (κ3) is 3.30. The Balaban J connectivity index is 1.92. The van der Waals surface area contributed by atoms with Gasteiger partial charge in [0, 0.05) is 18.4 Å². The summed E-state index contributed by atoms with van der Waals surface area (Å²) in [6, 6.07) is 6.06. The highest BCUT2D eigenvalue weighted by Gasteiger charge is 2.23. The lowest BCUT2D eigenvalue weighted by molar-refractivity contribution is -0.124. The minimum Gasteiger partial charge on any atom is -0.352 e. The molecule has 1 atom stereocenters. The molecule has 0 aromatic carbocycles. The van der Waals surface area contributed by atoms with E-state index in [-0.39, 0.29) is 11.9 Å². The minimum atomic E-state index is -0.616. The maximum absolute atomic E-state index is 12.0. The molecule has 0 radical (unpaired) electrons. The molecule has 1 aromatic rings. The lowest BCUT2D eigenvalue weighted by Crippen LogP contribution is -2.37. The molecule has 1 aliphatic carbocycles. The molecule has 1 saturated carbocycles. The van der Waals surface area contributed by atoms with Crippen molar-refractivity contribution in [2.45, 2.75) is 38.1 Å². The molecule has 1 unspecified atom stereocenters. The number of pyridine rings is 1. The Hall–Kier alpha value is -1.89. The van der Waals surface area contributed by atoms with Gasteiger partial charge in [-0.25, -0.2) is 0 Å². The van der Waals surface area contributed by atoms with Gasteiger partial charge in [-0.15, -0.1) is 0 Å². The van der Waals surface area contributed by atoms with E-state index in [9.17, 15) is 4.79 Å². The number of carbonyl (C=O) groups excluding carboxylic acids is 1. The summed E-state index contributed by atoms with van der Waals surface area (Å²) in [7, 11) is 0. The van der Waals surface area contributed by atoms with Crippen LogP contribution in [0.1, 0.15) is 31.2 Å². The minimum absolute atomic E-state index is 0.145. The fourth-order valence-electron chi connectivity index (χ4n) is 2.32. The molecular weight excluding hydrogens is 226 g/mol. The van der Waals surface area contributed by atoms with Gasteiger partial charge in [0.2, 0.25) is 5.91 Å². The SMILES string of the molecule is N#CC(Cc1cccnc1)C(=O)NC1CCCC1. The first-order valence-electron chi connectivity index (χ1n) is 6.38. The Labute approximate surface area is 107 Å². The van der Waals surface area contributed by atoms with E-state index in [2.05, 4.69) is 16.4 Å². The Morgan fingerprint density at radius 3 is 2.94 bits per heavy atom. The second-order valence-electron chi connectivity index (χ2n) is 4.74. The highest BCUT2D eigenvalue weighted by atomic mass is 16.1. The van der Waals surface area contributed by atoms with Crippen LogP contribution in [0.15, 0.2) is 24.5 Å². The van der Waals surface area contributed by atoms with E-state index in [1.54, 1.807) is 12.4 Å². The monoisotopic (exact) mass is 243 g/mol. The fourth-order valence-corrected chi connectivity index (χ4v) is 2.32. The molecule has 1 N–H and O–H groups in total. The van der Waals surface area contributed by atoms with Crippen LogP contribution in [0.2, 0.25) is 0 Å². The molecule has 1 aromatic heterocycles. The number of nitriles is 1. The maximum atomic E-state index is 12.0. The molecule has 0 bridgehead atoms. The summed E-state index contributed by atoms with van der Waals surface area (Å²) in [4.78, 5) is 16.0. The zero-order chi connectivity index (χ0) is 12.8. The topological polar surface area (TPSA) is 65.8 Å². The second kappa shape index (κ2) is 6.15. The Bertz CT molecular complexity index is 432. The van der Waals surface area contributed by atoms with E-state index < -0.39 is 5.92 Å². The van der Waals surface area contributed by atoms with Crippen molar-refractivity contribution in [2.75, 3.05) is 0 Å². The van der Waals surface area contributed by atoms with Crippen LogP contribution in [-0.4, -0.2) is 16.9 Å². The quantitative estimate of drug-likeness (QED) is 0.877. The molecule has 18 heavy (non-hydrogen) atoms. The lowest BCUT2D eigenvalue weighted by atomic mass is 10.0. The van der Waals surface area contributed by atoms with Gasteiger partial charge in [0.15, 0.2) is 0 Å². The van der Waals surface area contributed by atoms with Gasteiger partial charge in [-0.05, 0) is 30.9 Å². The molecular formula is C14H17N3O. The molecule has 0 aliphatic heterocycles. The van der Waals surface area contributed by atoms with Crippen LogP contribution in [0.25, 0.3) is 0 Å². The van der Waals surface area contributed by atoms with E-state index in [4.69, 9.17) is 5.26 Å². The molecule has 94 valence electrons. The van der Waals surface area contributed by atoms with Crippen molar-refractivity contribution in [3.05, 3.63) is 30.1 Å². The Morgan fingerprint density at radius 1 is 1.56 bits per heavy atom. The first kappa shape index (κ1) is 12.6. The summed E-state index contributed by atoms with van der Waals surface area (Å²) in [5, 5.41) is 12.1. The zero-order valence-electron chi connectivity index (χ0n) is 10.3. The Kier molecular flexibility index (Phi) is 4.30. The molecule has 1 amide bonds. The van der Waals surface area contributed by atoms with Gasteiger partial charge in [0.05, 0.1) is 6.07 Å². The van der Waals surface area contributed by atoms with Crippen molar-refractivity contribution < 1.29 is 4.79 Å². The van der Waals surface area contributed by atoms with Crippen molar-refractivity contribution in [1.82, 2.24) is 10.3 Å². The number of aromatic nitrogens is 1. The third-order valence-corrected chi connectivity index (χ3v) is 3.34. The summed E-state index contributed by atoms with van der Waals surface area (Å²) in [5.74, 6) is -0.761. The molecule has 0 spiro atoms. The van der Waals surface area contributed by atoms with Crippen LogP contribution in [-0.2, 0) is 11.2 Å². The first-order chi connectivity index (χ1) is 8.79. The van der Waals surface area contributed by atoms with E-state index in [1.165, 1.54) is 12.8 Å². The number of hydrogen-bond donors (Lipinski definition) is 1. The molecule has 1 fully saturated rings. The van der Waals surface area contributed by atoms with Crippen molar-refractivity contribution in [1.29, 1.82) is 5.26 Å². The highest BCUT2D eigenvalue weighted by Crippen LogP contribution is 2.18. The van der Waals surface area contributed by atoms with Crippen LogP contribution in [0.4, 0.5) is 0 Å². The van der Waals surface area contributed by atoms with E-state index >= 15 is 0 Å². The fraction of sp³-hybridized carbons (Fsp3) is 0.500. The average Bonchev–Trinajstić information content (AvgIpc) is 2.90. The molecule has 1 aliphatic rings. The van der Waals surface area contributed by atoms with E-state index in [0.717, 1.165) is 18.4 Å². The van der Waals surface area contributed by atoms with Gasteiger partial charge >= 0.3 is 0 Å². The van der Waals surface area contributed by atoms with Gasteiger partial charge in [0.25, 0.3) is 0 Å². The zero-order valence-corrected chi connectivity index (χ0v) is 10.3. The molecule has 4 heteroatoms. The van der Waals surface area contributed by atoms with Gasteiger partial charge < -0.3 is 5.32 Å². The number of hydrogen-bond acceptors (Lipinski definition) is 3. The lowest BCUT2D eigenvalue weighted by Gasteiger charge is -2.15. The van der Waals surface area contributed by atoms with Crippen LogP contribution < -0.4 is 5.32 Å². The van der Waals surface area contributed by atoms with Crippen LogP contribution in [0.3, 0.4) is 0 Å². The maximum Gasteiger partial charge on any atom is 0.237 e. The van der Waals surface area contributed by atoms with E-state index in [1.807, 2.05) is 12.1 Å². The number of rotatable bonds is 4. The van der Waals surface area contributed by atoms with Crippen molar-refractivity contribution in [3.63, 3.8) is 0 Å². The van der Waals surface area contributed by atoms with Crippen LogP contribution in [0.5, 0.6) is 0 Å². The number of nitrogens with zero attached hydrogens (tertiary/aromatic N) is 2. The van der Waals surface area contributed by atoms with Gasteiger partial charge in [0.1, 0.15) is 5.92 Å². The molecule has 0 saturated heterocycles. The Morgan fingerprint density at radius 2 is 2.33 bits per heavy atom. The standard InChI is InChI=1S/C14H17N3O/c15-9-12(8-11-4-3-7-16-10-11)14(18)17-13-5-1-2-6-13/h3-4,7,10,12-13H,1-2,5-6,8H2,(H,17,18). The smallest absolute Gasteiger partial charge is 0.237 e. The highest BCUT2D eigenvalue weighted by molar-refractivity contribution is 5.81. The predicted molar refractivity (Wildman–Crippen MR) is 67.4 cm³/mol. The van der Waals surface area contributed by atoms with Gasteiger partial charge in [-0.2, -0.15) is 5.26 Å². The number of nitrogens with one attached hydrogen (secondary N) is 1. The molecule has 4 nitrogen and oxygen atoms in total. The third-order valence-electron chi connectivity index (χ3n) is 3.34. The first-order valence-corrected chi connectivity index (χ1v) is 6.38. The average molecular weight is 243 g/mol. The van der Waals surface area contributed by atoms with Crippen molar-refractivity contribution in [3.8, 4) is 6.07 Å². The number of amides is 1. The summed E-state index contributed by atoms with van der Waals surface area (Å²) in [6.45, 7) is 0. The number of carbonyl (C=O) groups is 1. The largest absolute Gasteiger partial charge is 0.352 e. The molecule has 2 rings (SSSR count). The van der Waals surface area contributed by atoms with E-state index in [0.29, 0.717) is 6.42 Å². The summed E-state index contributed by atoms with van der Waals surface area (Å²) < 4.78 is 0. The normalized spacial score (nSPS) is 17.1. The van der Waals surface area contributed by atoms with Crippen molar-refractivity contribution in [2.24, 2.45) is 5.92 Å². The summed E-state index contributed by atoms with van der Waals surface area (Å²) in [5.41, 5.74) is 0.922. The van der Waals surface area contributed by atoms with Crippen LogP contribution >= 0.6 is 0 Å². The second-order valence-corrected chi connectivity index (χ2v) is 4.74. The van der Waals surface area contributed by atoms with Crippen molar-refractivity contribution >= 4 is 5.91 Å². The summed E-state index contributed by atoms with van der Waals surface area (Å²) >= 11 is 0. The van der Waals surface area contributed by atoms with Gasteiger partial charge in [-0.1, -0.05) is 18.9 Å². The summed E-state index contributed by atoms with van der Waals surface area (Å²) in [6.07, 6.45) is 8.24. The van der Waals surface area contributed by atoms with Crippen LogP contribution in [0, 0.1) is 17.2 Å². The predicted octanol–water partition coefficient (Wildman–Crippen LogP) is 1.82. The molecule has 1 heterocycles. The van der Waals surface area contributed by atoms with Gasteiger partial charge in [-0.3, -0.25) is 9.78 Å².